The Bertz CT molecular complexity index is 1130. The number of hydrogen-bond donors (Lipinski definition) is 3. The van der Waals surface area contributed by atoms with Crippen molar-refractivity contribution in [2.45, 2.75) is 57.2 Å². The molecule has 1 aliphatic heterocycles. The van der Waals surface area contributed by atoms with Gasteiger partial charge >= 0.3 is 0 Å². The van der Waals surface area contributed by atoms with E-state index in [-0.39, 0.29) is 36.6 Å². The summed E-state index contributed by atoms with van der Waals surface area (Å²) in [6, 6.07) is 11.8. The maximum absolute atomic E-state index is 13.6. The lowest BCUT2D eigenvalue weighted by atomic mass is 9.96. The first-order valence-corrected chi connectivity index (χ1v) is 13.7. The highest BCUT2D eigenvalue weighted by molar-refractivity contribution is 7.89. The number of carbonyl (C=O) groups excluding carboxylic acids is 1. The summed E-state index contributed by atoms with van der Waals surface area (Å²) < 4.78 is 39.2. The fraction of sp³-hybridized carbons (Fsp3) is 0.500. The number of nitrogens with zero attached hydrogens (tertiary/aromatic N) is 1. The second-order valence-corrected chi connectivity index (χ2v) is 11.5. The van der Waals surface area contributed by atoms with Crippen LogP contribution in [0, 0.1) is 11.8 Å². The molecule has 3 rings (SSSR count). The van der Waals surface area contributed by atoms with Crippen LogP contribution in [-0.2, 0) is 14.8 Å². The lowest BCUT2D eigenvalue weighted by molar-refractivity contribution is -0.125. The molecule has 0 spiro atoms. The number of amides is 1. The van der Waals surface area contributed by atoms with Gasteiger partial charge in [0.15, 0.2) is 11.5 Å². The molecule has 36 heavy (non-hydrogen) atoms. The highest BCUT2D eigenvalue weighted by Crippen LogP contribution is 2.35. The summed E-state index contributed by atoms with van der Waals surface area (Å²) in [7, 11) is -3.99. The number of nitrogens with two attached hydrogens (primary N) is 1. The van der Waals surface area contributed by atoms with Gasteiger partial charge in [-0.05, 0) is 29.5 Å². The smallest absolute Gasteiger partial charge is 0.243 e. The zero-order chi connectivity index (χ0) is 26.5. The van der Waals surface area contributed by atoms with Crippen LogP contribution >= 0.6 is 0 Å². The zero-order valence-electron chi connectivity index (χ0n) is 21.3. The van der Waals surface area contributed by atoms with E-state index in [4.69, 9.17) is 15.2 Å². The zero-order valence-corrected chi connectivity index (χ0v) is 22.1. The fourth-order valence-corrected chi connectivity index (χ4v) is 5.64. The molecule has 0 saturated heterocycles. The molecule has 1 amide bonds. The molecule has 0 fully saturated rings. The number of hydrogen-bond acceptors (Lipinski definition) is 7. The summed E-state index contributed by atoms with van der Waals surface area (Å²) in [4.78, 5) is 13.0. The van der Waals surface area contributed by atoms with Crippen LogP contribution in [-0.4, -0.2) is 55.8 Å². The van der Waals surface area contributed by atoms with E-state index in [0.29, 0.717) is 17.1 Å². The molecule has 4 atom stereocenters. The van der Waals surface area contributed by atoms with Gasteiger partial charge in [-0.25, -0.2) is 8.42 Å². The quantitative estimate of drug-likeness (QED) is 0.393. The monoisotopic (exact) mass is 519 g/mol. The third kappa shape index (κ3) is 6.56. The number of aliphatic hydroxyl groups excluding tert-OH is 1. The van der Waals surface area contributed by atoms with Crippen molar-refractivity contribution >= 4 is 15.9 Å². The van der Waals surface area contributed by atoms with Crippen molar-refractivity contribution in [2.75, 3.05) is 19.9 Å². The Morgan fingerprint density at radius 2 is 1.75 bits per heavy atom. The molecular formula is C26H37N3O6S. The summed E-state index contributed by atoms with van der Waals surface area (Å²) in [6.07, 6.45) is -0.508. The Labute approximate surface area is 213 Å². The highest BCUT2D eigenvalue weighted by Gasteiger charge is 2.33. The average molecular weight is 520 g/mol. The van der Waals surface area contributed by atoms with Gasteiger partial charge in [-0.2, -0.15) is 4.31 Å². The van der Waals surface area contributed by atoms with E-state index in [2.05, 4.69) is 5.32 Å². The fourth-order valence-electron chi connectivity index (χ4n) is 4.00. The number of rotatable bonds is 12. The average Bonchev–Trinajstić information content (AvgIpc) is 3.34. The summed E-state index contributed by atoms with van der Waals surface area (Å²) in [5.74, 6) is 0.377. The Morgan fingerprint density at radius 3 is 2.39 bits per heavy atom. The maximum atomic E-state index is 13.6. The second kappa shape index (κ2) is 12.1. The Kier molecular flexibility index (Phi) is 9.35. The molecule has 2 aromatic carbocycles. The molecule has 10 heteroatoms. The number of ether oxygens (including phenoxy) is 2. The molecule has 0 saturated carbocycles. The van der Waals surface area contributed by atoms with Crippen LogP contribution < -0.4 is 20.5 Å². The third-order valence-corrected chi connectivity index (χ3v) is 8.17. The molecule has 4 N–H and O–H groups in total. The van der Waals surface area contributed by atoms with Crippen molar-refractivity contribution in [3.8, 4) is 11.5 Å². The first-order valence-electron chi connectivity index (χ1n) is 12.2. The summed E-state index contributed by atoms with van der Waals surface area (Å²) in [6.45, 7) is 7.62. The number of sulfonamides is 1. The standard InChI is InChI=1S/C26H37N3O6S/c1-5-18(4)24(27)26(31)28-25(19-9-7-6-8-10-19)21(30)15-29(14-17(2)3)36(32,33)20-11-12-22-23(13-20)35-16-34-22/h6-13,17-18,21,24-25,30H,5,14-16,27H2,1-4H3,(H,28,31)/t18?,21-,24+,25+/m1/s1. The summed E-state index contributed by atoms with van der Waals surface area (Å²) in [5, 5.41) is 14.2. The predicted molar refractivity (Wildman–Crippen MR) is 137 cm³/mol. The van der Waals surface area contributed by atoms with E-state index in [9.17, 15) is 18.3 Å². The van der Waals surface area contributed by atoms with Crippen LogP contribution in [0.5, 0.6) is 11.5 Å². The Balaban J connectivity index is 1.89. The van der Waals surface area contributed by atoms with E-state index in [1.54, 1.807) is 30.3 Å². The number of carbonyl (C=O) groups is 1. The first-order chi connectivity index (χ1) is 17.0. The Hall–Kier alpha value is -2.66. The highest BCUT2D eigenvalue weighted by atomic mass is 32.2. The second-order valence-electron chi connectivity index (χ2n) is 9.61. The Morgan fingerprint density at radius 1 is 1.08 bits per heavy atom. The van der Waals surface area contributed by atoms with Gasteiger partial charge in [0.1, 0.15) is 0 Å². The minimum Gasteiger partial charge on any atom is -0.454 e. The molecular weight excluding hydrogens is 482 g/mol. The van der Waals surface area contributed by atoms with Gasteiger partial charge in [0.05, 0.1) is 23.1 Å². The summed E-state index contributed by atoms with van der Waals surface area (Å²) in [5.41, 5.74) is 6.79. The van der Waals surface area contributed by atoms with Crippen LogP contribution in [0.1, 0.15) is 45.7 Å². The van der Waals surface area contributed by atoms with Gasteiger partial charge in [0.25, 0.3) is 0 Å². The topological polar surface area (TPSA) is 131 Å². The van der Waals surface area contributed by atoms with Crippen molar-refractivity contribution in [3.05, 3.63) is 54.1 Å². The molecule has 1 heterocycles. The minimum atomic E-state index is -3.99. The molecule has 1 aliphatic rings. The number of aliphatic hydroxyl groups is 1. The van der Waals surface area contributed by atoms with E-state index in [0.717, 1.165) is 6.42 Å². The van der Waals surface area contributed by atoms with Gasteiger partial charge in [0.2, 0.25) is 22.7 Å². The SMILES string of the molecule is CCC(C)[C@H](N)C(=O)N[C@@H](c1ccccc1)[C@H](O)CN(CC(C)C)S(=O)(=O)c1ccc2c(c1)OCO2. The number of benzene rings is 2. The van der Waals surface area contributed by atoms with Gasteiger partial charge < -0.3 is 25.6 Å². The molecule has 198 valence electrons. The predicted octanol–water partition coefficient (Wildman–Crippen LogP) is 2.65. The lowest BCUT2D eigenvalue weighted by Gasteiger charge is -2.32. The van der Waals surface area contributed by atoms with Crippen LogP contribution in [0.3, 0.4) is 0 Å². The van der Waals surface area contributed by atoms with Gasteiger partial charge in [0, 0.05) is 19.2 Å². The largest absolute Gasteiger partial charge is 0.454 e. The molecule has 0 radical (unpaired) electrons. The van der Waals surface area contributed by atoms with Gasteiger partial charge in [-0.15, -0.1) is 0 Å². The van der Waals surface area contributed by atoms with E-state index < -0.39 is 34.1 Å². The molecule has 0 bridgehead atoms. The first kappa shape index (κ1) is 27.9. The lowest BCUT2D eigenvalue weighted by Crippen LogP contribution is -2.50. The normalized spacial score (nSPS) is 16.6. The van der Waals surface area contributed by atoms with Crippen LogP contribution in [0.4, 0.5) is 0 Å². The van der Waals surface area contributed by atoms with E-state index in [1.165, 1.54) is 16.4 Å². The van der Waals surface area contributed by atoms with Crippen LogP contribution in [0.15, 0.2) is 53.4 Å². The van der Waals surface area contributed by atoms with Gasteiger partial charge in [-0.3, -0.25) is 4.79 Å². The molecule has 0 aliphatic carbocycles. The third-order valence-electron chi connectivity index (χ3n) is 6.34. The number of fused-ring (bicyclic) bond motifs is 1. The maximum Gasteiger partial charge on any atom is 0.243 e. The van der Waals surface area contributed by atoms with Crippen molar-refractivity contribution in [1.82, 2.24) is 9.62 Å². The minimum absolute atomic E-state index is 0.00965. The molecule has 2 aromatic rings. The van der Waals surface area contributed by atoms with Gasteiger partial charge in [-0.1, -0.05) is 64.4 Å². The molecule has 0 aromatic heterocycles. The van der Waals surface area contributed by atoms with Crippen molar-refractivity contribution in [3.63, 3.8) is 0 Å². The molecule has 1 unspecified atom stereocenters. The van der Waals surface area contributed by atoms with E-state index >= 15 is 0 Å². The molecule has 9 nitrogen and oxygen atoms in total. The van der Waals surface area contributed by atoms with Crippen molar-refractivity contribution in [2.24, 2.45) is 17.6 Å². The van der Waals surface area contributed by atoms with Crippen LogP contribution in [0.25, 0.3) is 0 Å². The van der Waals surface area contributed by atoms with Crippen molar-refractivity contribution in [1.29, 1.82) is 0 Å². The summed E-state index contributed by atoms with van der Waals surface area (Å²) >= 11 is 0. The number of nitrogens with one attached hydrogen (secondary N) is 1. The van der Waals surface area contributed by atoms with Crippen LogP contribution in [0.2, 0.25) is 0 Å². The van der Waals surface area contributed by atoms with Crippen molar-refractivity contribution < 1.29 is 27.8 Å². The van der Waals surface area contributed by atoms with E-state index in [1.807, 2.05) is 33.8 Å².